The van der Waals surface area contributed by atoms with E-state index in [-0.39, 0.29) is 36.2 Å². The highest BCUT2D eigenvalue weighted by Crippen LogP contribution is 2.48. The number of amides is 2. The number of piperidine rings is 2. The van der Waals surface area contributed by atoms with Gasteiger partial charge in [0.1, 0.15) is 0 Å². The molecule has 0 spiro atoms. The summed E-state index contributed by atoms with van der Waals surface area (Å²) in [5.41, 5.74) is 6.35. The molecule has 6 heteroatoms. The summed E-state index contributed by atoms with van der Waals surface area (Å²) in [5.74, 6) is 2.60. The smallest absolute Gasteiger partial charge is 0.227 e. The van der Waals surface area contributed by atoms with Crippen LogP contribution in [0.25, 0.3) is 0 Å². The predicted molar refractivity (Wildman–Crippen MR) is 104 cm³/mol. The molecular formula is C20H34ClN3O2. The molecule has 2 N–H and O–H groups in total. The molecule has 0 aromatic heterocycles. The summed E-state index contributed by atoms with van der Waals surface area (Å²) in [5, 5.41) is 0. The number of nitrogens with two attached hydrogens (primary N) is 1. The molecule has 4 atom stereocenters. The van der Waals surface area contributed by atoms with Crippen molar-refractivity contribution in [3.63, 3.8) is 0 Å². The van der Waals surface area contributed by atoms with Gasteiger partial charge in [-0.3, -0.25) is 9.59 Å². The van der Waals surface area contributed by atoms with E-state index in [4.69, 9.17) is 5.73 Å². The van der Waals surface area contributed by atoms with Crippen LogP contribution in [0.5, 0.6) is 0 Å². The van der Waals surface area contributed by atoms with Crippen LogP contribution in [-0.4, -0.2) is 53.8 Å². The van der Waals surface area contributed by atoms with Crippen molar-refractivity contribution in [2.75, 3.05) is 26.2 Å². The van der Waals surface area contributed by atoms with Gasteiger partial charge in [-0.1, -0.05) is 6.92 Å². The predicted octanol–water partition coefficient (Wildman–Crippen LogP) is 2.28. The molecule has 2 bridgehead atoms. The zero-order chi connectivity index (χ0) is 17.6. The number of fused-ring (bicyclic) bond motifs is 2. The zero-order valence-electron chi connectivity index (χ0n) is 15.9. The lowest BCUT2D eigenvalue weighted by Gasteiger charge is -2.39. The van der Waals surface area contributed by atoms with Gasteiger partial charge in [-0.15, -0.1) is 12.4 Å². The minimum absolute atomic E-state index is 0. The molecule has 4 rings (SSSR count). The van der Waals surface area contributed by atoms with E-state index in [0.717, 1.165) is 64.2 Å². The molecule has 2 heterocycles. The Kier molecular flexibility index (Phi) is 6.18. The van der Waals surface area contributed by atoms with Gasteiger partial charge in [-0.25, -0.2) is 0 Å². The average molecular weight is 384 g/mol. The van der Waals surface area contributed by atoms with Gasteiger partial charge in [-0.2, -0.15) is 0 Å². The molecule has 5 nitrogen and oxygen atoms in total. The van der Waals surface area contributed by atoms with Crippen molar-refractivity contribution in [2.24, 2.45) is 35.3 Å². The summed E-state index contributed by atoms with van der Waals surface area (Å²) in [6.07, 6.45) is 7.45. The van der Waals surface area contributed by atoms with Crippen LogP contribution in [0.2, 0.25) is 0 Å². The van der Waals surface area contributed by atoms with Crippen molar-refractivity contribution in [3.05, 3.63) is 0 Å². The summed E-state index contributed by atoms with van der Waals surface area (Å²) in [6.45, 7) is 5.57. The molecule has 4 unspecified atom stereocenters. The Morgan fingerprint density at radius 2 is 1.35 bits per heavy atom. The van der Waals surface area contributed by atoms with E-state index >= 15 is 0 Å². The van der Waals surface area contributed by atoms with E-state index in [9.17, 15) is 9.59 Å². The van der Waals surface area contributed by atoms with Gasteiger partial charge in [-0.05, 0) is 62.7 Å². The highest BCUT2D eigenvalue weighted by molar-refractivity contribution is 5.85. The van der Waals surface area contributed by atoms with Crippen molar-refractivity contribution < 1.29 is 9.59 Å². The Hall–Kier alpha value is -0.810. The number of rotatable bonds is 2. The second-order valence-electron chi connectivity index (χ2n) is 9.04. The molecule has 0 aromatic carbocycles. The second kappa shape index (κ2) is 8.05. The Morgan fingerprint density at radius 3 is 1.92 bits per heavy atom. The maximum atomic E-state index is 13.0. The Morgan fingerprint density at radius 1 is 0.808 bits per heavy atom. The monoisotopic (exact) mass is 383 g/mol. The van der Waals surface area contributed by atoms with E-state index in [1.165, 1.54) is 12.8 Å². The number of hydrogen-bond acceptors (Lipinski definition) is 3. The number of hydrogen-bond donors (Lipinski definition) is 1. The third kappa shape index (κ3) is 3.62. The van der Waals surface area contributed by atoms with Crippen LogP contribution in [0, 0.1) is 29.6 Å². The lowest BCUT2D eigenvalue weighted by Crippen LogP contribution is -2.51. The van der Waals surface area contributed by atoms with Crippen LogP contribution < -0.4 is 5.73 Å². The van der Waals surface area contributed by atoms with E-state index in [1.807, 2.05) is 4.90 Å². The fourth-order valence-corrected chi connectivity index (χ4v) is 5.75. The van der Waals surface area contributed by atoms with Crippen molar-refractivity contribution in [1.29, 1.82) is 0 Å². The first-order valence-corrected chi connectivity index (χ1v) is 10.4. The van der Waals surface area contributed by atoms with E-state index < -0.39 is 0 Å². The summed E-state index contributed by atoms with van der Waals surface area (Å²) < 4.78 is 0. The van der Waals surface area contributed by atoms with Crippen molar-refractivity contribution >= 4 is 24.2 Å². The first kappa shape index (κ1) is 19.9. The third-order valence-corrected chi connectivity index (χ3v) is 7.52. The Labute approximate surface area is 163 Å². The number of nitrogens with zero attached hydrogens (tertiary/aromatic N) is 2. The number of carbonyl (C=O) groups is 2. The van der Waals surface area contributed by atoms with Gasteiger partial charge in [0.25, 0.3) is 0 Å². The summed E-state index contributed by atoms with van der Waals surface area (Å²) in [6, 6.07) is 0.0703. The van der Waals surface area contributed by atoms with Crippen LogP contribution in [0.4, 0.5) is 0 Å². The lowest BCUT2D eigenvalue weighted by atomic mass is 9.83. The molecule has 2 aliphatic carbocycles. The van der Waals surface area contributed by atoms with Gasteiger partial charge in [0.05, 0.1) is 5.92 Å². The molecule has 4 aliphatic rings. The summed E-state index contributed by atoms with van der Waals surface area (Å²) >= 11 is 0. The molecule has 2 saturated carbocycles. The first-order valence-electron chi connectivity index (χ1n) is 10.4. The van der Waals surface area contributed by atoms with Gasteiger partial charge < -0.3 is 15.5 Å². The average Bonchev–Trinajstić information content (AvgIpc) is 3.22. The lowest BCUT2D eigenvalue weighted by molar-refractivity contribution is -0.144. The molecule has 0 aromatic rings. The second-order valence-corrected chi connectivity index (χ2v) is 9.04. The minimum Gasteiger partial charge on any atom is -0.342 e. The highest BCUT2D eigenvalue weighted by atomic mass is 35.5. The first-order chi connectivity index (χ1) is 12.0. The molecule has 0 radical (unpaired) electrons. The number of halogens is 1. The standard InChI is InChI=1S/C20H33N3O2.ClH/c1-13-4-8-22(9-5-13)19(24)14-6-10-23(11-7-14)20(25)17-15-2-3-16(12-15)18(17)21;/h13-18H,2-12,21H2,1H3;1H. The maximum absolute atomic E-state index is 13.0. The zero-order valence-corrected chi connectivity index (χ0v) is 16.8. The summed E-state index contributed by atoms with van der Waals surface area (Å²) in [4.78, 5) is 29.8. The largest absolute Gasteiger partial charge is 0.342 e. The third-order valence-electron chi connectivity index (χ3n) is 7.52. The molecule has 2 aliphatic heterocycles. The molecule has 2 amide bonds. The van der Waals surface area contributed by atoms with Crippen LogP contribution in [0.15, 0.2) is 0 Å². The SMILES string of the molecule is CC1CCN(C(=O)C2CCN(C(=O)C3C4CCC(C4)C3N)CC2)CC1.Cl. The van der Waals surface area contributed by atoms with Gasteiger partial charge in [0.2, 0.25) is 11.8 Å². The Balaban J connectivity index is 0.00000196. The quantitative estimate of drug-likeness (QED) is 0.795. The van der Waals surface area contributed by atoms with Gasteiger partial charge in [0.15, 0.2) is 0 Å². The van der Waals surface area contributed by atoms with Crippen molar-refractivity contribution in [1.82, 2.24) is 9.80 Å². The van der Waals surface area contributed by atoms with Crippen molar-refractivity contribution in [3.8, 4) is 0 Å². The fraction of sp³-hybridized carbons (Fsp3) is 0.900. The Bertz CT molecular complexity index is 525. The van der Waals surface area contributed by atoms with E-state index in [2.05, 4.69) is 11.8 Å². The van der Waals surface area contributed by atoms with Gasteiger partial charge >= 0.3 is 0 Å². The minimum atomic E-state index is 0. The van der Waals surface area contributed by atoms with Crippen LogP contribution in [0.3, 0.4) is 0 Å². The molecule has 4 fully saturated rings. The van der Waals surface area contributed by atoms with Crippen LogP contribution >= 0.6 is 12.4 Å². The normalized spacial score (nSPS) is 35.5. The topological polar surface area (TPSA) is 66.6 Å². The maximum Gasteiger partial charge on any atom is 0.227 e. The number of likely N-dealkylation sites (tertiary alicyclic amines) is 2. The van der Waals surface area contributed by atoms with Crippen molar-refractivity contribution in [2.45, 2.75) is 57.9 Å². The fourth-order valence-electron chi connectivity index (χ4n) is 5.75. The van der Waals surface area contributed by atoms with E-state index in [0.29, 0.717) is 17.7 Å². The number of carbonyl (C=O) groups excluding carboxylic acids is 2. The highest BCUT2D eigenvalue weighted by Gasteiger charge is 2.50. The van der Waals surface area contributed by atoms with Crippen LogP contribution in [-0.2, 0) is 9.59 Å². The summed E-state index contributed by atoms with van der Waals surface area (Å²) in [7, 11) is 0. The van der Waals surface area contributed by atoms with E-state index in [1.54, 1.807) is 0 Å². The van der Waals surface area contributed by atoms with Gasteiger partial charge in [0, 0.05) is 38.1 Å². The van der Waals surface area contributed by atoms with Crippen LogP contribution in [0.1, 0.15) is 51.9 Å². The molecule has 148 valence electrons. The molecular weight excluding hydrogens is 350 g/mol. The molecule has 26 heavy (non-hydrogen) atoms. The molecule has 2 saturated heterocycles.